The zero-order chi connectivity index (χ0) is 51.7. The summed E-state index contributed by atoms with van der Waals surface area (Å²) in [4.78, 5) is 16.0. The summed E-state index contributed by atoms with van der Waals surface area (Å²) in [7, 11) is 0. The van der Waals surface area contributed by atoms with E-state index in [9.17, 15) is 0 Å². The molecule has 6 nitrogen and oxygen atoms in total. The first kappa shape index (κ1) is 43.5. The minimum absolute atomic E-state index is 0.539. The molecule has 4 heterocycles. The highest BCUT2D eigenvalue weighted by Crippen LogP contribution is 2.46. The number of fused-ring (bicyclic) bond motifs is 14. The molecule has 0 atom stereocenters. The second-order valence-corrected chi connectivity index (χ2v) is 20.7. The van der Waals surface area contributed by atoms with E-state index in [0.717, 1.165) is 105 Å². The molecule has 0 aliphatic heterocycles. The van der Waals surface area contributed by atoms with E-state index in [1.165, 1.54) is 48.7 Å². The standard InChI is InChI=1S/C73H42N4O2/c1-2-16-48-37-51(32-27-43(48)13-1)71-74-72(52-33-35-57-56-22-9-10-25-65(56)78-67(57)40-52)76-73(75-71)58-24-12-26-66-70(58)61-41-59(47-30-28-46(29-31-47)54-23-11-19-44-14-5-7-20-53(44)54)64(42-68(61)79-66)77-62-36-34-45-15-6-8-21-55(45)69(62)60-38-49-17-3-4-18-50(49)39-63(60)77/h1-42H. The lowest BCUT2D eigenvalue weighted by Crippen LogP contribution is -2.00. The predicted molar refractivity (Wildman–Crippen MR) is 326 cm³/mol. The van der Waals surface area contributed by atoms with Crippen LogP contribution in [0.25, 0.3) is 171 Å². The maximum absolute atomic E-state index is 7.08. The molecule has 0 unspecified atom stereocenters. The number of furan rings is 2. The molecule has 0 saturated carbocycles. The molecule has 366 valence electrons. The molecule has 0 bridgehead atoms. The molecule has 6 heteroatoms. The zero-order valence-corrected chi connectivity index (χ0v) is 42.4. The lowest BCUT2D eigenvalue weighted by atomic mass is 9.94. The Kier molecular flexibility index (Phi) is 9.32. The Hall–Kier alpha value is -10.7. The molecule has 0 spiro atoms. The lowest BCUT2D eigenvalue weighted by Gasteiger charge is -2.16. The fourth-order valence-corrected chi connectivity index (χ4v) is 12.5. The third kappa shape index (κ3) is 6.81. The van der Waals surface area contributed by atoms with E-state index < -0.39 is 0 Å². The van der Waals surface area contributed by atoms with Gasteiger partial charge in [0.25, 0.3) is 0 Å². The normalized spacial score (nSPS) is 12.1. The molecular formula is C73H42N4O2. The first-order chi connectivity index (χ1) is 39.1. The maximum Gasteiger partial charge on any atom is 0.164 e. The number of hydrogen-bond acceptors (Lipinski definition) is 5. The Bertz CT molecular complexity index is 5390. The Morgan fingerprint density at radius 1 is 0.253 bits per heavy atom. The molecule has 17 rings (SSSR count). The van der Waals surface area contributed by atoms with Gasteiger partial charge in [0.2, 0.25) is 0 Å². The van der Waals surface area contributed by atoms with Gasteiger partial charge in [0, 0.05) is 60.6 Å². The number of hydrogen-bond donors (Lipinski definition) is 0. The van der Waals surface area contributed by atoms with Gasteiger partial charge in [-0.05, 0) is 114 Å². The molecule has 0 saturated heterocycles. The summed E-state index contributed by atoms with van der Waals surface area (Å²) < 4.78 is 16.0. The topological polar surface area (TPSA) is 69.9 Å². The summed E-state index contributed by atoms with van der Waals surface area (Å²) >= 11 is 0. The van der Waals surface area contributed by atoms with E-state index >= 15 is 0 Å². The number of nitrogens with zero attached hydrogens (tertiary/aromatic N) is 4. The van der Waals surface area contributed by atoms with Crippen LogP contribution in [0.15, 0.2) is 264 Å². The van der Waals surface area contributed by atoms with Gasteiger partial charge in [-0.1, -0.05) is 194 Å². The van der Waals surface area contributed by atoms with Crippen LogP contribution in [0.5, 0.6) is 0 Å². The Morgan fingerprint density at radius 3 is 1.59 bits per heavy atom. The summed E-state index contributed by atoms with van der Waals surface area (Å²) in [6.07, 6.45) is 0. The van der Waals surface area contributed by atoms with Gasteiger partial charge in [-0.25, -0.2) is 15.0 Å². The highest BCUT2D eigenvalue weighted by Gasteiger charge is 2.24. The van der Waals surface area contributed by atoms with E-state index in [4.69, 9.17) is 23.8 Å². The van der Waals surface area contributed by atoms with Crippen molar-refractivity contribution < 1.29 is 8.83 Å². The molecule has 0 fully saturated rings. The van der Waals surface area contributed by atoms with Crippen molar-refractivity contribution in [1.82, 2.24) is 19.5 Å². The highest BCUT2D eigenvalue weighted by atomic mass is 16.3. The summed E-state index contributed by atoms with van der Waals surface area (Å²) in [6, 6.07) is 90.8. The van der Waals surface area contributed by atoms with Crippen LogP contribution in [-0.4, -0.2) is 19.5 Å². The van der Waals surface area contributed by atoms with Gasteiger partial charge in [0.05, 0.1) is 16.7 Å². The van der Waals surface area contributed by atoms with Crippen LogP contribution in [0.1, 0.15) is 0 Å². The maximum atomic E-state index is 7.08. The van der Waals surface area contributed by atoms with Gasteiger partial charge in [0.15, 0.2) is 17.5 Å². The summed E-state index contributed by atoms with van der Waals surface area (Å²) in [5.74, 6) is 1.65. The average Bonchev–Trinajstić information content (AvgIpc) is 4.20. The minimum atomic E-state index is 0.539. The molecule has 4 aromatic heterocycles. The van der Waals surface area contributed by atoms with Crippen molar-refractivity contribution in [2.45, 2.75) is 0 Å². The van der Waals surface area contributed by atoms with Crippen LogP contribution in [0.2, 0.25) is 0 Å². The van der Waals surface area contributed by atoms with E-state index in [2.05, 4.69) is 229 Å². The molecule has 0 amide bonds. The second kappa shape index (κ2) is 16.9. The summed E-state index contributed by atoms with van der Waals surface area (Å²) in [6.45, 7) is 0. The number of benzene rings is 13. The van der Waals surface area contributed by atoms with Crippen molar-refractivity contribution in [2.75, 3.05) is 0 Å². The van der Waals surface area contributed by atoms with Crippen molar-refractivity contribution in [2.24, 2.45) is 0 Å². The predicted octanol–water partition coefficient (Wildman–Crippen LogP) is 19.7. The van der Waals surface area contributed by atoms with E-state index in [0.29, 0.717) is 17.5 Å². The molecule has 0 aliphatic carbocycles. The third-order valence-corrected chi connectivity index (χ3v) is 16.2. The van der Waals surface area contributed by atoms with Gasteiger partial charge in [-0.2, -0.15) is 0 Å². The number of para-hydroxylation sites is 1. The molecule has 0 radical (unpaired) electrons. The van der Waals surface area contributed by atoms with Crippen molar-refractivity contribution in [3.8, 4) is 62.1 Å². The molecule has 79 heavy (non-hydrogen) atoms. The first-order valence-corrected chi connectivity index (χ1v) is 26.7. The van der Waals surface area contributed by atoms with Crippen LogP contribution >= 0.6 is 0 Å². The van der Waals surface area contributed by atoms with Crippen LogP contribution in [0.4, 0.5) is 0 Å². The first-order valence-electron chi connectivity index (χ1n) is 26.7. The van der Waals surface area contributed by atoms with Gasteiger partial charge in [-0.3, -0.25) is 0 Å². The average molecular weight is 1010 g/mol. The molecule has 13 aromatic carbocycles. The number of rotatable bonds is 6. The molecular weight excluding hydrogens is 965 g/mol. The SMILES string of the molecule is c1ccc2cc(-c3nc(-c4ccc5c(c4)oc4ccccc45)nc(-c4cccc5oc6cc(-n7c8cc9ccccc9cc8c8c9ccccc9ccc87)c(-c7ccc(-c8cccc9ccccc89)cc7)cc6c45)n3)ccc2c1. The van der Waals surface area contributed by atoms with E-state index in [1.54, 1.807) is 0 Å². The smallest absolute Gasteiger partial charge is 0.164 e. The molecule has 0 aliphatic rings. The Labute approximate surface area is 451 Å². The quantitative estimate of drug-likeness (QED) is 0.166. The fourth-order valence-electron chi connectivity index (χ4n) is 12.5. The minimum Gasteiger partial charge on any atom is -0.456 e. The highest BCUT2D eigenvalue weighted by molar-refractivity contribution is 6.24. The monoisotopic (exact) mass is 1010 g/mol. The Morgan fingerprint density at radius 2 is 0.785 bits per heavy atom. The van der Waals surface area contributed by atoms with Gasteiger partial charge in [0.1, 0.15) is 22.3 Å². The summed E-state index contributed by atoms with van der Waals surface area (Å²) in [5, 5.41) is 15.9. The lowest BCUT2D eigenvalue weighted by molar-refractivity contribution is 0.668. The zero-order valence-electron chi connectivity index (χ0n) is 42.4. The van der Waals surface area contributed by atoms with Gasteiger partial charge >= 0.3 is 0 Å². The van der Waals surface area contributed by atoms with Crippen molar-refractivity contribution in [3.05, 3.63) is 255 Å². The van der Waals surface area contributed by atoms with Crippen molar-refractivity contribution in [1.29, 1.82) is 0 Å². The summed E-state index contributed by atoms with van der Waals surface area (Å²) in [5.41, 5.74) is 13.4. The largest absolute Gasteiger partial charge is 0.456 e. The van der Waals surface area contributed by atoms with Crippen LogP contribution in [0, 0.1) is 0 Å². The van der Waals surface area contributed by atoms with E-state index in [1.807, 2.05) is 30.3 Å². The Balaban J connectivity index is 0.926. The van der Waals surface area contributed by atoms with Gasteiger partial charge < -0.3 is 13.4 Å². The number of aromatic nitrogens is 4. The van der Waals surface area contributed by atoms with Crippen LogP contribution < -0.4 is 0 Å². The van der Waals surface area contributed by atoms with Crippen molar-refractivity contribution >= 4 is 109 Å². The molecule has 17 aromatic rings. The van der Waals surface area contributed by atoms with Crippen molar-refractivity contribution in [3.63, 3.8) is 0 Å². The third-order valence-electron chi connectivity index (χ3n) is 16.2. The van der Waals surface area contributed by atoms with E-state index in [-0.39, 0.29) is 0 Å². The second-order valence-electron chi connectivity index (χ2n) is 20.7. The van der Waals surface area contributed by atoms with Crippen LogP contribution in [0.3, 0.4) is 0 Å². The van der Waals surface area contributed by atoms with Gasteiger partial charge in [-0.15, -0.1) is 0 Å². The fraction of sp³-hybridized carbons (Fsp3) is 0. The van der Waals surface area contributed by atoms with Crippen LogP contribution in [-0.2, 0) is 0 Å². The molecule has 0 N–H and O–H groups in total.